The van der Waals surface area contributed by atoms with Gasteiger partial charge in [-0.1, -0.05) is 152 Å². The van der Waals surface area contributed by atoms with Gasteiger partial charge in [0.15, 0.2) is 6.10 Å². The Kier molecular flexibility index (Phi) is 36.2. The molecule has 0 heterocycles. The van der Waals surface area contributed by atoms with Gasteiger partial charge in [0.1, 0.15) is 13.2 Å². The molecule has 0 bridgehead atoms. The molecule has 1 N–H and O–H groups in total. The first-order chi connectivity index (χ1) is 26.6. The van der Waals surface area contributed by atoms with Crippen LogP contribution in [0.1, 0.15) is 168 Å². The van der Waals surface area contributed by atoms with Crippen LogP contribution in [0.4, 0.5) is 0 Å². The molecular formula is C46H82NO8+. The van der Waals surface area contributed by atoms with Crippen LogP contribution in [-0.4, -0.2) is 87.4 Å². The van der Waals surface area contributed by atoms with Crippen LogP contribution in [0.3, 0.4) is 0 Å². The van der Waals surface area contributed by atoms with E-state index in [0.717, 1.165) is 83.5 Å². The summed E-state index contributed by atoms with van der Waals surface area (Å²) in [6, 6.07) is 0. The van der Waals surface area contributed by atoms with Crippen LogP contribution in [0.15, 0.2) is 48.6 Å². The molecule has 0 aromatic rings. The summed E-state index contributed by atoms with van der Waals surface area (Å²) in [6.45, 7) is 4.72. The second-order valence-electron chi connectivity index (χ2n) is 15.6. The Morgan fingerprint density at radius 2 is 1.04 bits per heavy atom. The van der Waals surface area contributed by atoms with Crippen molar-refractivity contribution in [3.05, 3.63) is 48.6 Å². The number of unbranched alkanes of at least 4 members (excludes halogenated alkanes) is 16. The van der Waals surface area contributed by atoms with E-state index in [1.165, 1.54) is 51.4 Å². The molecule has 0 aliphatic carbocycles. The van der Waals surface area contributed by atoms with Crippen molar-refractivity contribution in [3.63, 3.8) is 0 Å². The van der Waals surface area contributed by atoms with Crippen LogP contribution >= 0.6 is 0 Å². The quantitative estimate of drug-likeness (QED) is 0.0216. The van der Waals surface area contributed by atoms with Gasteiger partial charge in [0.05, 0.1) is 34.4 Å². The average molecular weight is 777 g/mol. The molecule has 0 amide bonds. The van der Waals surface area contributed by atoms with Crippen molar-refractivity contribution in [2.24, 2.45) is 0 Å². The lowest BCUT2D eigenvalue weighted by molar-refractivity contribution is -0.870. The summed E-state index contributed by atoms with van der Waals surface area (Å²) in [5, 5.41) is 9.62. The number of nitrogens with zero attached hydrogens (tertiary/aromatic N) is 1. The smallest absolute Gasteiger partial charge is 0.361 e. The molecule has 2 unspecified atom stereocenters. The Morgan fingerprint density at radius 1 is 0.564 bits per heavy atom. The van der Waals surface area contributed by atoms with E-state index in [-0.39, 0.29) is 32.2 Å². The van der Waals surface area contributed by atoms with Gasteiger partial charge in [-0.3, -0.25) is 9.59 Å². The maximum absolute atomic E-state index is 12.7. The Bertz CT molecular complexity index is 1050. The van der Waals surface area contributed by atoms with E-state index in [9.17, 15) is 19.5 Å². The van der Waals surface area contributed by atoms with Crippen molar-refractivity contribution in [3.8, 4) is 0 Å². The van der Waals surface area contributed by atoms with E-state index in [4.69, 9.17) is 18.9 Å². The van der Waals surface area contributed by atoms with Gasteiger partial charge in [-0.25, -0.2) is 4.79 Å². The second kappa shape index (κ2) is 38.1. The summed E-state index contributed by atoms with van der Waals surface area (Å²) in [6.07, 6.45) is 40.2. The average Bonchev–Trinajstić information content (AvgIpc) is 3.14. The van der Waals surface area contributed by atoms with E-state index < -0.39 is 24.3 Å². The molecule has 2 atom stereocenters. The zero-order valence-electron chi connectivity index (χ0n) is 35.8. The maximum Gasteiger partial charge on any atom is 0.361 e. The number of allylic oxidation sites excluding steroid dienone is 8. The predicted octanol–water partition coefficient (Wildman–Crippen LogP) is 11.2. The van der Waals surface area contributed by atoms with E-state index >= 15 is 0 Å². The number of esters is 2. The highest BCUT2D eigenvalue weighted by Gasteiger charge is 2.25. The monoisotopic (exact) mass is 777 g/mol. The molecule has 0 aliphatic heterocycles. The summed E-state index contributed by atoms with van der Waals surface area (Å²) < 4.78 is 22.7. The first-order valence-corrected chi connectivity index (χ1v) is 21.8. The molecule has 0 rings (SSSR count). The minimum atomic E-state index is -1.51. The molecule has 0 radical (unpaired) electrons. The van der Waals surface area contributed by atoms with Crippen molar-refractivity contribution in [1.82, 2.24) is 0 Å². The normalized spacial score (nSPS) is 13.4. The van der Waals surface area contributed by atoms with E-state index in [2.05, 4.69) is 62.5 Å². The third-order valence-electron chi connectivity index (χ3n) is 9.10. The Morgan fingerprint density at radius 3 is 1.55 bits per heavy atom. The van der Waals surface area contributed by atoms with E-state index in [1.807, 2.05) is 21.1 Å². The molecular weight excluding hydrogens is 695 g/mol. The van der Waals surface area contributed by atoms with Gasteiger partial charge in [-0.2, -0.15) is 0 Å². The highest BCUT2D eigenvalue weighted by Crippen LogP contribution is 2.14. The number of quaternary nitrogens is 1. The van der Waals surface area contributed by atoms with Crippen LogP contribution in [0, 0.1) is 0 Å². The van der Waals surface area contributed by atoms with Gasteiger partial charge >= 0.3 is 17.9 Å². The number of carbonyl (C=O) groups excluding carboxylic acids is 2. The molecule has 0 aromatic carbocycles. The standard InChI is InChI=1S/C46H81NO8/c1-6-8-10-12-14-16-18-19-20-21-22-23-24-25-27-29-31-33-35-37-44(49)55-42(41-54-46(45(50)51)52-39-38-47(3,4)5)40-53-43(48)36-34-32-30-28-26-17-15-13-11-9-7-2/h8,10,14,16,19-20,22-23,42,46H,6-7,9,11-13,15,17-18,21,24-41H2,1-5H3/p+1/b10-8-,16-14-,20-19-,23-22-. The molecule has 9 heteroatoms. The number of ether oxygens (including phenoxy) is 4. The minimum Gasteiger partial charge on any atom is -0.477 e. The Balaban J connectivity index is 4.46. The van der Waals surface area contributed by atoms with E-state index in [0.29, 0.717) is 23.9 Å². The summed E-state index contributed by atoms with van der Waals surface area (Å²) in [7, 11) is 5.94. The lowest BCUT2D eigenvalue weighted by Crippen LogP contribution is -2.40. The van der Waals surface area contributed by atoms with Crippen LogP contribution in [0.25, 0.3) is 0 Å². The molecule has 0 fully saturated rings. The third-order valence-corrected chi connectivity index (χ3v) is 9.10. The largest absolute Gasteiger partial charge is 0.477 e. The van der Waals surface area contributed by atoms with Gasteiger partial charge in [0, 0.05) is 12.8 Å². The van der Waals surface area contributed by atoms with Crippen LogP contribution in [0.2, 0.25) is 0 Å². The SMILES string of the molecule is CC/C=C\C/C=C\C/C=C\C/C=C\CCCCCCCCC(=O)OC(COC(=O)CCCCCCCCCCCCC)COC(OCC[N+](C)(C)C)C(=O)O. The molecule has 318 valence electrons. The first-order valence-electron chi connectivity index (χ1n) is 21.8. The fourth-order valence-corrected chi connectivity index (χ4v) is 5.71. The van der Waals surface area contributed by atoms with Crippen LogP contribution < -0.4 is 0 Å². The highest BCUT2D eigenvalue weighted by molar-refractivity contribution is 5.71. The number of carboxylic acid groups (broad SMARTS) is 1. The number of hydrogen-bond donors (Lipinski definition) is 1. The zero-order valence-corrected chi connectivity index (χ0v) is 35.8. The number of carboxylic acids is 1. The molecule has 0 aromatic heterocycles. The van der Waals surface area contributed by atoms with Crippen LogP contribution in [0.5, 0.6) is 0 Å². The van der Waals surface area contributed by atoms with Crippen molar-refractivity contribution < 1.29 is 42.9 Å². The number of hydrogen-bond acceptors (Lipinski definition) is 7. The number of likely N-dealkylation sites (N-methyl/N-ethyl adjacent to an activating group) is 1. The van der Waals surface area contributed by atoms with Gasteiger partial charge in [0.2, 0.25) is 0 Å². The number of rotatable bonds is 39. The second-order valence-corrected chi connectivity index (χ2v) is 15.6. The Labute approximate surface area is 336 Å². The Hall–Kier alpha value is -2.75. The van der Waals surface area contributed by atoms with E-state index in [1.54, 1.807) is 0 Å². The zero-order chi connectivity index (χ0) is 40.7. The molecule has 55 heavy (non-hydrogen) atoms. The fourth-order valence-electron chi connectivity index (χ4n) is 5.71. The van der Waals surface area contributed by atoms with Gasteiger partial charge in [-0.15, -0.1) is 0 Å². The molecule has 0 aliphatic rings. The van der Waals surface area contributed by atoms with Crippen molar-refractivity contribution in [2.75, 3.05) is 47.5 Å². The third kappa shape index (κ3) is 39.3. The van der Waals surface area contributed by atoms with Gasteiger partial charge < -0.3 is 28.5 Å². The highest BCUT2D eigenvalue weighted by atomic mass is 16.7. The molecule has 9 nitrogen and oxygen atoms in total. The molecule has 0 saturated heterocycles. The summed E-state index contributed by atoms with van der Waals surface area (Å²) in [4.78, 5) is 37.0. The summed E-state index contributed by atoms with van der Waals surface area (Å²) >= 11 is 0. The predicted molar refractivity (Wildman–Crippen MR) is 226 cm³/mol. The minimum absolute atomic E-state index is 0.184. The number of aliphatic carboxylic acids is 1. The van der Waals surface area contributed by atoms with Crippen molar-refractivity contribution in [1.29, 1.82) is 0 Å². The molecule has 0 saturated carbocycles. The first kappa shape index (κ1) is 52.2. The fraction of sp³-hybridized carbons (Fsp3) is 0.761. The van der Waals surface area contributed by atoms with Crippen molar-refractivity contribution in [2.45, 2.75) is 180 Å². The maximum atomic E-state index is 12.7. The summed E-state index contributed by atoms with van der Waals surface area (Å²) in [5.41, 5.74) is 0. The topological polar surface area (TPSA) is 108 Å². The lowest BCUT2D eigenvalue weighted by atomic mass is 10.1. The van der Waals surface area contributed by atoms with Gasteiger partial charge in [-0.05, 0) is 51.4 Å². The molecule has 0 spiro atoms. The lowest BCUT2D eigenvalue weighted by Gasteiger charge is -2.25. The summed E-state index contributed by atoms with van der Waals surface area (Å²) in [5.74, 6) is -2.03. The van der Waals surface area contributed by atoms with Gasteiger partial charge in [0.25, 0.3) is 6.29 Å². The van der Waals surface area contributed by atoms with Crippen LogP contribution in [-0.2, 0) is 33.3 Å². The van der Waals surface area contributed by atoms with Crippen molar-refractivity contribution >= 4 is 17.9 Å². The number of carbonyl (C=O) groups is 3.